The van der Waals surface area contributed by atoms with Gasteiger partial charge in [0.15, 0.2) is 0 Å². The zero-order valence-corrected chi connectivity index (χ0v) is 10.2. The summed E-state index contributed by atoms with van der Waals surface area (Å²) in [5.74, 6) is -0.159. The lowest BCUT2D eigenvalue weighted by molar-refractivity contribution is -0.119. The quantitative estimate of drug-likeness (QED) is 0.868. The van der Waals surface area contributed by atoms with E-state index in [1.54, 1.807) is 6.20 Å². The van der Waals surface area contributed by atoms with Crippen LogP contribution in [-0.4, -0.2) is 29.4 Å². The summed E-state index contributed by atoms with van der Waals surface area (Å²) >= 11 is 0. The van der Waals surface area contributed by atoms with Crippen molar-refractivity contribution in [2.75, 3.05) is 19.0 Å². The summed E-state index contributed by atoms with van der Waals surface area (Å²) in [6.07, 6.45) is 3.64. The summed E-state index contributed by atoms with van der Waals surface area (Å²) in [6, 6.07) is 9.55. The molecule has 5 nitrogen and oxygen atoms in total. The number of benzene rings is 1. The topological polar surface area (TPSA) is 56.1 Å². The summed E-state index contributed by atoms with van der Waals surface area (Å²) in [6.45, 7) is 0.740. The highest BCUT2D eigenvalue weighted by Gasteiger charge is 2.02. The number of aromatic nitrogens is 2. The Kier molecular flexibility index (Phi) is 4.09. The molecular weight excluding hydrogens is 230 g/mol. The molecule has 0 bridgehead atoms. The van der Waals surface area contributed by atoms with E-state index in [0.29, 0.717) is 6.54 Å². The fourth-order valence-corrected chi connectivity index (χ4v) is 1.66. The van der Waals surface area contributed by atoms with Crippen LogP contribution in [0.5, 0.6) is 0 Å². The van der Waals surface area contributed by atoms with Gasteiger partial charge < -0.3 is 10.1 Å². The molecule has 1 heterocycles. The van der Waals surface area contributed by atoms with Gasteiger partial charge in [-0.15, -0.1) is 0 Å². The molecule has 2 rings (SSSR count). The number of rotatable bonds is 5. The third kappa shape index (κ3) is 3.43. The number of hydrogen-bond acceptors (Lipinski definition) is 3. The minimum absolute atomic E-state index is 0.0589. The number of ether oxygens (including phenoxy) is 1. The zero-order chi connectivity index (χ0) is 12.8. The van der Waals surface area contributed by atoms with Gasteiger partial charge in [0.25, 0.3) is 0 Å². The van der Waals surface area contributed by atoms with Crippen LogP contribution in [0.2, 0.25) is 0 Å². The fraction of sp³-hybridized carbons (Fsp3) is 0.231. The van der Waals surface area contributed by atoms with E-state index in [-0.39, 0.29) is 12.5 Å². The number of carbonyl (C=O) groups is 1. The van der Waals surface area contributed by atoms with E-state index >= 15 is 0 Å². The Morgan fingerprint density at radius 3 is 3.06 bits per heavy atom. The minimum Gasteiger partial charge on any atom is -0.375 e. The van der Waals surface area contributed by atoms with Gasteiger partial charge in [-0.25, -0.2) is 0 Å². The van der Waals surface area contributed by atoms with Gasteiger partial charge in [0.05, 0.1) is 6.54 Å². The predicted octanol–water partition coefficient (Wildman–Crippen LogP) is 1.52. The van der Waals surface area contributed by atoms with Crippen LogP contribution in [-0.2, 0) is 16.1 Å². The monoisotopic (exact) mass is 245 g/mol. The van der Waals surface area contributed by atoms with Gasteiger partial charge in [0, 0.05) is 25.2 Å². The van der Waals surface area contributed by atoms with Gasteiger partial charge in [0.2, 0.25) is 5.91 Å². The molecule has 0 radical (unpaired) electrons. The maximum Gasteiger partial charge on any atom is 0.250 e. The lowest BCUT2D eigenvalue weighted by Gasteiger charge is -2.07. The Morgan fingerprint density at radius 1 is 1.44 bits per heavy atom. The average molecular weight is 245 g/mol. The molecule has 0 saturated carbocycles. The van der Waals surface area contributed by atoms with Crippen LogP contribution >= 0.6 is 0 Å². The summed E-state index contributed by atoms with van der Waals surface area (Å²) in [5.41, 5.74) is 1.84. The molecule has 1 aromatic heterocycles. The van der Waals surface area contributed by atoms with Gasteiger partial charge in [-0.2, -0.15) is 5.10 Å². The van der Waals surface area contributed by atoms with Crippen LogP contribution in [0.3, 0.4) is 0 Å². The zero-order valence-electron chi connectivity index (χ0n) is 10.2. The normalized spacial score (nSPS) is 10.3. The molecule has 0 fully saturated rings. The Bertz CT molecular complexity index is 509. The summed E-state index contributed by atoms with van der Waals surface area (Å²) in [4.78, 5) is 11.4. The molecule has 18 heavy (non-hydrogen) atoms. The number of amides is 1. The molecule has 2 aromatic rings. The summed E-state index contributed by atoms with van der Waals surface area (Å²) < 4.78 is 6.59. The maximum absolute atomic E-state index is 11.4. The van der Waals surface area contributed by atoms with Crippen molar-refractivity contribution in [3.63, 3.8) is 0 Å². The van der Waals surface area contributed by atoms with Crippen LogP contribution in [0.25, 0.3) is 0 Å². The maximum atomic E-state index is 11.4. The van der Waals surface area contributed by atoms with Crippen molar-refractivity contribution in [1.82, 2.24) is 9.78 Å². The van der Waals surface area contributed by atoms with Crippen molar-refractivity contribution >= 4 is 11.6 Å². The molecule has 0 unspecified atom stereocenters. The highest BCUT2D eigenvalue weighted by atomic mass is 16.5. The first-order chi connectivity index (χ1) is 8.78. The van der Waals surface area contributed by atoms with Crippen molar-refractivity contribution in [2.24, 2.45) is 0 Å². The second kappa shape index (κ2) is 5.97. The van der Waals surface area contributed by atoms with Crippen LogP contribution in [0.4, 0.5) is 5.69 Å². The number of carbonyl (C=O) groups excluding carboxylic acids is 1. The van der Waals surface area contributed by atoms with Crippen molar-refractivity contribution in [3.8, 4) is 0 Å². The van der Waals surface area contributed by atoms with Gasteiger partial charge in [-0.1, -0.05) is 12.1 Å². The van der Waals surface area contributed by atoms with E-state index in [9.17, 15) is 4.79 Å². The molecule has 5 heteroatoms. The van der Waals surface area contributed by atoms with Crippen LogP contribution in [0.15, 0.2) is 42.7 Å². The first-order valence-corrected chi connectivity index (χ1v) is 5.63. The molecule has 94 valence electrons. The molecule has 0 saturated heterocycles. The number of methoxy groups -OCH3 is 1. The van der Waals surface area contributed by atoms with Gasteiger partial charge in [0.1, 0.15) is 6.61 Å². The second-order valence-electron chi connectivity index (χ2n) is 3.89. The molecule has 0 atom stereocenters. The number of nitrogens with zero attached hydrogens (tertiary/aromatic N) is 2. The Labute approximate surface area is 105 Å². The molecule has 1 N–H and O–H groups in total. The Balaban J connectivity index is 2.03. The second-order valence-corrected chi connectivity index (χ2v) is 3.89. The van der Waals surface area contributed by atoms with Crippen molar-refractivity contribution < 1.29 is 9.53 Å². The van der Waals surface area contributed by atoms with E-state index in [1.807, 2.05) is 41.2 Å². The molecular formula is C13H15N3O2. The summed E-state index contributed by atoms with van der Waals surface area (Å²) in [5, 5.41) is 6.91. The van der Waals surface area contributed by atoms with E-state index in [1.165, 1.54) is 7.11 Å². The lowest BCUT2D eigenvalue weighted by Crippen LogP contribution is -2.17. The SMILES string of the molecule is COCC(=O)Nc1cccc(Cn2cccn2)c1. The van der Waals surface area contributed by atoms with E-state index < -0.39 is 0 Å². The largest absolute Gasteiger partial charge is 0.375 e. The Hall–Kier alpha value is -2.14. The smallest absolute Gasteiger partial charge is 0.250 e. The number of anilines is 1. The van der Waals surface area contributed by atoms with Crippen molar-refractivity contribution in [1.29, 1.82) is 0 Å². The van der Waals surface area contributed by atoms with Crippen LogP contribution in [0.1, 0.15) is 5.56 Å². The first-order valence-electron chi connectivity index (χ1n) is 5.63. The molecule has 0 spiro atoms. The van der Waals surface area contributed by atoms with Crippen molar-refractivity contribution in [3.05, 3.63) is 48.3 Å². The highest BCUT2D eigenvalue weighted by Crippen LogP contribution is 2.11. The van der Waals surface area contributed by atoms with Crippen LogP contribution in [0, 0.1) is 0 Å². The number of hydrogen-bond donors (Lipinski definition) is 1. The number of nitrogens with one attached hydrogen (secondary N) is 1. The van der Waals surface area contributed by atoms with Crippen molar-refractivity contribution in [2.45, 2.75) is 6.54 Å². The third-order valence-electron chi connectivity index (χ3n) is 2.39. The van der Waals surface area contributed by atoms with E-state index in [2.05, 4.69) is 10.4 Å². The minimum atomic E-state index is -0.159. The standard InChI is InChI=1S/C13H15N3O2/c1-18-10-13(17)15-12-5-2-4-11(8-12)9-16-7-3-6-14-16/h2-8H,9-10H2,1H3,(H,15,17). The Morgan fingerprint density at radius 2 is 2.33 bits per heavy atom. The first kappa shape index (κ1) is 12.3. The fourth-order valence-electron chi connectivity index (χ4n) is 1.66. The lowest BCUT2D eigenvalue weighted by atomic mass is 10.2. The van der Waals surface area contributed by atoms with Gasteiger partial charge >= 0.3 is 0 Å². The average Bonchev–Trinajstić information content (AvgIpc) is 2.82. The molecule has 0 aliphatic heterocycles. The molecule has 1 amide bonds. The van der Waals surface area contributed by atoms with Crippen LogP contribution < -0.4 is 5.32 Å². The summed E-state index contributed by atoms with van der Waals surface area (Å²) in [7, 11) is 1.49. The highest BCUT2D eigenvalue weighted by molar-refractivity contribution is 5.91. The molecule has 0 aliphatic carbocycles. The molecule has 1 aromatic carbocycles. The van der Waals surface area contributed by atoms with E-state index in [0.717, 1.165) is 11.3 Å². The van der Waals surface area contributed by atoms with Gasteiger partial charge in [-0.3, -0.25) is 9.48 Å². The molecule has 0 aliphatic rings. The van der Waals surface area contributed by atoms with Gasteiger partial charge in [-0.05, 0) is 23.8 Å². The van der Waals surface area contributed by atoms with E-state index in [4.69, 9.17) is 4.74 Å². The third-order valence-corrected chi connectivity index (χ3v) is 2.39. The predicted molar refractivity (Wildman–Crippen MR) is 68.3 cm³/mol.